The lowest BCUT2D eigenvalue weighted by Crippen LogP contribution is -2.18. The summed E-state index contributed by atoms with van der Waals surface area (Å²) in [6.07, 6.45) is 4.86. The molecule has 0 heterocycles. The minimum atomic E-state index is 0.217. The van der Waals surface area contributed by atoms with Crippen LogP contribution >= 0.6 is 0 Å². The second-order valence-corrected chi connectivity index (χ2v) is 3.66. The summed E-state index contributed by atoms with van der Waals surface area (Å²) < 4.78 is 0. The second kappa shape index (κ2) is 4.32. The van der Waals surface area contributed by atoms with Crippen LogP contribution in [-0.2, 0) is 0 Å². The lowest BCUT2D eigenvalue weighted by atomic mass is 9.88. The van der Waals surface area contributed by atoms with E-state index in [0.717, 1.165) is 6.42 Å². The van der Waals surface area contributed by atoms with E-state index in [0.29, 0.717) is 0 Å². The zero-order valence-electron chi connectivity index (χ0n) is 8.31. The van der Waals surface area contributed by atoms with Gasteiger partial charge in [0, 0.05) is 17.3 Å². The normalized spacial score (nSPS) is 14.5. The summed E-state index contributed by atoms with van der Waals surface area (Å²) in [5.74, 6) is 0. The van der Waals surface area contributed by atoms with Gasteiger partial charge in [-0.2, -0.15) is 0 Å². The average Bonchev–Trinajstić information content (AvgIpc) is 1.87. The third kappa shape index (κ3) is 3.97. The Balaban J connectivity index is 4.40. The van der Waals surface area contributed by atoms with Crippen LogP contribution in [0.15, 0.2) is 17.3 Å². The fourth-order valence-corrected chi connectivity index (χ4v) is 0.980. The molecule has 0 bridgehead atoms. The molecule has 0 unspecified atom stereocenters. The molecular weight excluding hydrogens is 134 g/mol. The third-order valence-corrected chi connectivity index (χ3v) is 1.58. The van der Waals surface area contributed by atoms with Crippen LogP contribution in [0.4, 0.5) is 0 Å². The largest absolute Gasteiger partial charge is 0.265 e. The van der Waals surface area contributed by atoms with Crippen LogP contribution < -0.4 is 0 Å². The van der Waals surface area contributed by atoms with Gasteiger partial charge in [0.15, 0.2) is 0 Å². The molecule has 0 atom stereocenters. The van der Waals surface area contributed by atoms with Crippen LogP contribution in [0.3, 0.4) is 0 Å². The smallest absolute Gasteiger partial charge is 0.0229 e. The van der Waals surface area contributed by atoms with Gasteiger partial charge in [-0.05, 0) is 13.3 Å². The molecule has 0 aliphatic rings. The van der Waals surface area contributed by atoms with Gasteiger partial charge in [-0.1, -0.05) is 33.8 Å². The summed E-state index contributed by atoms with van der Waals surface area (Å²) in [5.41, 5.74) is 1.48. The van der Waals surface area contributed by atoms with Crippen molar-refractivity contribution in [2.75, 3.05) is 0 Å². The Labute approximate surface area is 70.2 Å². The Kier molecular flexibility index (Phi) is 4.09. The van der Waals surface area contributed by atoms with E-state index in [9.17, 15) is 0 Å². The monoisotopic (exact) mass is 153 g/mol. The summed E-state index contributed by atoms with van der Waals surface area (Å²) in [7, 11) is 0. The molecule has 1 heteroatoms. The molecule has 0 aliphatic heterocycles. The Morgan fingerprint density at radius 1 is 1.36 bits per heavy atom. The molecular formula is C10H19N. The molecule has 0 amide bonds. The fraction of sp³-hybridized carbons (Fsp3) is 0.700. The first-order chi connectivity index (χ1) is 5.02. The Hall–Kier alpha value is -0.590. The molecule has 0 aliphatic carbocycles. The van der Waals surface area contributed by atoms with E-state index in [1.165, 1.54) is 5.71 Å². The molecule has 64 valence electrons. The van der Waals surface area contributed by atoms with Gasteiger partial charge in [-0.15, -0.1) is 0 Å². The maximum absolute atomic E-state index is 4.37. The van der Waals surface area contributed by atoms with Crippen molar-refractivity contribution < 1.29 is 0 Å². The van der Waals surface area contributed by atoms with Gasteiger partial charge in [0.05, 0.1) is 0 Å². The van der Waals surface area contributed by atoms with Crippen molar-refractivity contribution in [2.24, 2.45) is 10.4 Å². The van der Waals surface area contributed by atoms with E-state index in [1.807, 2.05) is 19.2 Å². The predicted octanol–water partition coefficient (Wildman–Crippen LogP) is 3.42. The highest BCUT2D eigenvalue weighted by molar-refractivity contribution is 5.89. The first kappa shape index (κ1) is 10.4. The molecule has 0 rings (SSSR count). The van der Waals surface area contributed by atoms with Crippen molar-refractivity contribution in [3.05, 3.63) is 12.3 Å². The highest BCUT2D eigenvalue weighted by Gasteiger charge is 2.15. The van der Waals surface area contributed by atoms with Crippen LogP contribution in [0.25, 0.3) is 0 Å². The van der Waals surface area contributed by atoms with Gasteiger partial charge in [-0.3, -0.25) is 4.99 Å². The van der Waals surface area contributed by atoms with Crippen molar-refractivity contribution in [1.82, 2.24) is 0 Å². The third-order valence-electron chi connectivity index (χ3n) is 1.58. The predicted molar refractivity (Wildman–Crippen MR) is 52.0 cm³/mol. The molecule has 0 spiro atoms. The number of hydrogen-bond donors (Lipinski definition) is 0. The number of allylic oxidation sites excluding steroid dienone is 1. The molecule has 0 aromatic heterocycles. The van der Waals surface area contributed by atoms with E-state index < -0.39 is 0 Å². The maximum Gasteiger partial charge on any atom is 0.0229 e. The van der Waals surface area contributed by atoms with Crippen molar-refractivity contribution >= 4 is 5.71 Å². The lowest BCUT2D eigenvalue weighted by Gasteiger charge is -2.19. The topological polar surface area (TPSA) is 12.4 Å². The van der Waals surface area contributed by atoms with Crippen molar-refractivity contribution in [1.29, 1.82) is 0 Å². The summed E-state index contributed by atoms with van der Waals surface area (Å²) in [6, 6.07) is 0. The van der Waals surface area contributed by atoms with E-state index in [-0.39, 0.29) is 5.41 Å². The maximum atomic E-state index is 4.37. The van der Waals surface area contributed by atoms with Crippen LogP contribution in [0.2, 0.25) is 0 Å². The van der Waals surface area contributed by atoms with Crippen LogP contribution in [0.1, 0.15) is 41.0 Å². The van der Waals surface area contributed by atoms with Crippen molar-refractivity contribution in [3.63, 3.8) is 0 Å². The Morgan fingerprint density at radius 3 is 2.18 bits per heavy atom. The summed E-state index contributed by atoms with van der Waals surface area (Å²) >= 11 is 0. The molecule has 11 heavy (non-hydrogen) atoms. The molecule has 0 N–H and O–H groups in total. The van der Waals surface area contributed by atoms with Gasteiger partial charge in [0.2, 0.25) is 0 Å². The molecule has 0 fully saturated rings. The molecule has 0 aromatic carbocycles. The number of nitrogens with zero attached hydrogens (tertiary/aromatic N) is 1. The SMILES string of the molecule is C/C=C\N=C(/CC)C(C)(C)C. The Morgan fingerprint density at radius 2 is 1.91 bits per heavy atom. The summed E-state index contributed by atoms with van der Waals surface area (Å²) in [4.78, 5) is 4.37. The number of rotatable bonds is 2. The molecule has 0 saturated heterocycles. The highest BCUT2D eigenvalue weighted by atomic mass is 14.7. The first-order valence-electron chi connectivity index (χ1n) is 4.20. The minimum absolute atomic E-state index is 0.217. The van der Waals surface area contributed by atoms with E-state index >= 15 is 0 Å². The van der Waals surface area contributed by atoms with Gasteiger partial charge in [0.1, 0.15) is 0 Å². The fourth-order valence-electron chi connectivity index (χ4n) is 0.980. The number of hydrogen-bond acceptors (Lipinski definition) is 1. The van der Waals surface area contributed by atoms with Crippen LogP contribution in [-0.4, -0.2) is 5.71 Å². The van der Waals surface area contributed by atoms with E-state index in [2.05, 4.69) is 32.7 Å². The molecule has 0 aromatic rings. The zero-order chi connectivity index (χ0) is 8.91. The molecule has 1 nitrogen and oxygen atoms in total. The number of aliphatic imine (C=N–C) groups is 1. The quantitative estimate of drug-likeness (QED) is 0.539. The van der Waals surface area contributed by atoms with E-state index in [1.54, 1.807) is 0 Å². The van der Waals surface area contributed by atoms with Gasteiger partial charge in [0.25, 0.3) is 0 Å². The van der Waals surface area contributed by atoms with E-state index in [4.69, 9.17) is 0 Å². The standard InChI is InChI=1S/C10H19N/c1-6-8-11-9(7-2)10(3,4)5/h6,8H,7H2,1-5H3/b8-6-,11-9+. The Bertz CT molecular complexity index is 158. The average molecular weight is 153 g/mol. The van der Waals surface area contributed by atoms with Crippen molar-refractivity contribution in [3.8, 4) is 0 Å². The van der Waals surface area contributed by atoms with Gasteiger partial charge >= 0.3 is 0 Å². The summed E-state index contributed by atoms with van der Waals surface area (Å²) in [5, 5.41) is 0. The zero-order valence-corrected chi connectivity index (χ0v) is 8.31. The van der Waals surface area contributed by atoms with Crippen molar-refractivity contribution in [2.45, 2.75) is 41.0 Å². The minimum Gasteiger partial charge on any atom is -0.265 e. The molecule has 0 radical (unpaired) electrons. The lowest BCUT2D eigenvalue weighted by molar-refractivity contribution is 0.580. The first-order valence-corrected chi connectivity index (χ1v) is 4.20. The van der Waals surface area contributed by atoms with Crippen LogP contribution in [0, 0.1) is 5.41 Å². The van der Waals surface area contributed by atoms with Crippen LogP contribution in [0.5, 0.6) is 0 Å². The summed E-state index contributed by atoms with van der Waals surface area (Å²) in [6.45, 7) is 10.7. The van der Waals surface area contributed by atoms with Gasteiger partial charge in [-0.25, -0.2) is 0 Å². The highest BCUT2D eigenvalue weighted by Crippen LogP contribution is 2.18. The van der Waals surface area contributed by atoms with Gasteiger partial charge < -0.3 is 0 Å². The second-order valence-electron chi connectivity index (χ2n) is 3.66. The molecule has 0 saturated carbocycles.